The van der Waals surface area contributed by atoms with Crippen LogP contribution in [0, 0.1) is 5.92 Å². The number of likely N-dealkylation sites (N-methyl/N-ethyl adjacent to an activating group) is 1. The van der Waals surface area contributed by atoms with Crippen molar-refractivity contribution in [2.24, 2.45) is 5.92 Å². The van der Waals surface area contributed by atoms with Gasteiger partial charge in [-0.1, -0.05) is 23.7 Å². The molecule has 0 saturated carbocycles. The van der Waals surface area contributed by atoms with Crippen LogP contribution in [0.25, 0.3) is 11.1 Å². The topological polar surface area (TPSA) is 45.6 Å². The second-order valence-corrected chi connectivity index (χ2v) is 8.36. The van der Waals surface area contributed by atoms with Crippen LogP contribution in [0.3, 0.4) is 0 Å². The normalized spacial score (nSPS) is 21.3. The van der Waals surface area contributed by atoms with Crippen molar-refractivity contribution in [3.63, 3.8) is 0 Å². The van der Waals surface area contributed by atoms with E-state index in [1.165, 1.54) is 0 Å². The zero-order chi connectivity index (χ0) is 19.1. The summed E-state index contributed by atoms with van der Waals surface area (Å²) in [4.78, 5) is 29.0. The number of hydrogen-bond donors (Lipinski definition) is 0. The lowest BCUT2D eigenvalue weighted by Gasteiger charge is -2.43. The number of benzene rings is 1. The van der Waals surface area contributed by atoms with Gasteiger partial charge in [-0.3, -0.25) is 9.59 Å². The Morgan fingerprint density at radius 2 is 1.85 bits per heavy atom. The average molecular weight is 386 g/mol. The molecule has 27 heavy (non-hydrogen) atoms. The van der Waals surface area contributed by atoms with Gasteiger partial charge in [-0.25, -0.2) is 0 Å². The summed E-state index contributed by atoms with van der Waals surface area (Å²) in [6.07, 6.45) is 1.02. The SMILES string of the molecule is CN(C)CC(=O)N1C[C@H]2C[C@H](C1)c1c(-c3ccc(Cl)cc3)ccc(=O)n1C2. The molecule has 5 nitrogen and oxygen atoms in total. The second-order valence-electron chi connectivity index (χ2n) is 7.92. The van der Waals surface area contributed by atoms with Gasteiger partial charge in [0.25, 0.3) is 5.56 Å². The Labute approximate surface area is 164 Å². The third kappa shape index (κ3) is 3.54. The minimum absolute atomic E-state index is 0.0467. The smallest absolute Gasteiger partial charge is 0.250 e. The summed E-state index contributed by atoms with van der Waals surface area (Å²) in [5.74, 6) is 0.679. The molecule has 2 aliphatic rings. The van der Waals surface area contributed by atoms with Crippen LogP contribution >= 0.6 is 11.6 Å². The first kappa shape index (κ1) is 18.3. The molecule has 1 amide bonds. The zero-order valence-corrected chi connectivity index (χ0v) is 16.4. The van der Waals surface area contributed by atoms with Crippen LogP contribution in [-0.4, -0.2) is 54.0 Å². The van der Waals surface area contributed by atoms with Gasteiger partial charge in [0, 0.05) is 47.9 Å². The van der Waals surface area contributed by atoms with Crippen LogP contribution < -0.4 is 5.56 Å². The van der Waals surface area contributed by atoms with E-state index < -0.39 is 0 Å². The highest BCUT2D eigenvalue weighted by atomic mass is 35.5. The fraction of sp³-hybridized carbons (Fsp3) is 0.429. The highest BCUT2D eigenvalue weighted by molar-refractivity contribution is 6.30. The summed E-state index contributed by atoms with van der Waals surface area (Å²) >= 11 is 6.04. The Hall–Kier alpha value is -2.11. The Balaban J connectivity index is 1.73. The van der Waals surface area contributed by atoms with Crippen LogP contribution in [0.4, 0.5) is 0 Å². The van der Waals surface area contributed by atoms with Gasteiger partial charge < -0.3 is 14.4 Å². The molecular formula is C21H24ClN3O2. The maximum atomic E-state index is 12.6. The first-order chi connectivity index (χ1) is 12.9. The lowest BCUT2D eigenvalue weighted by atomic mass is 9.80. The van der Waals surface area contributed by atoms with Gasteiger partial charge in [-0.15, -0.1) is 0 Å². The predicted molar refractivity (Wildman–Crippen MR) is 107 cm³/mol. The van der Waals surface area contributed by atoms with E-state index in [-0.39, 0.29) is 17.4 Å². The number of likely N-dealkylation sites (tertiary alicyclic amines) is 1. The molecule has 0 N–H and O–H groups in total. The molecule has 142 valence electrons. The molecule has 0 radical (unpaired) electrons. The first-order valence-corrected chi connectivity index (χ1v) is 9.72. The van der Waals surface area contributed by atoms with Crippen molar-refractivity contribution in [2.75, 3.05) is 33.7 Å². The molecule has 2 atom stereocenters. The summed E-state index contributed by atoms with van der Waals surface area (Å²) in [7, 11) is 3.83. The molecule has 4 rings (SSSR count). The molecule has 2 aliphatic heterocycles. The number of carbonyl (C=O) groups excluding carboxylic acids is 1. The summed E-state index contributed by atoms with van der Waals surface area (Å²) in [6.45, 7) is 2.51. The van der Waals surface area contributed by atoms with Gasteiger partial charge in [-0.05, 0) is 50.2 Å². The van der Waals surface area contributed by atoms with Gasteiger partial charge in [0.1, 0.15) is 0 Å². The molecule has 0 aliphatic carbocycles. The van der Waals surface area contributed by atoms with Gasteiger partial charge >= 0.3 is 0 Å². The molecule has 3 heterocycles. The number of pyridine rings is 1. The van der Waals surface area contributed by atoms with E-state index in [1.807, 2.05) is 58.8 Å². The number of halogens is 1. The molecule has 1 saturated heterocycles. The van der Waals surface area contributed by atoms with E-state index in [9.17, 15) is 9.59 Å². The van der Waals surface area contributed by atoms with Crippen molar-refractivity contribution in [3.8, 4) is 11.1 Å². The van der Waals surface area contributed by atoms with Crippen LogP contribution in [-0.2, 0) is 11.3 Å². The van der Waals surface area contributed by atoms with Crippen LogP contribution in [0.1, 0.15) is 18.0 Å². The second kappa shape index (κ2) is 7.13. The lowest BCUT2D eigenvalue weighted by molar-refractivity contribution is -0.134. The van der Waals surface area contributed by atoms with E-state index in [0.29, 0.717) is 30.6 Å². The maximum absolute atomic E-state index is 12.6. The van der Waals surface area contributed by atoms with E-state index in [4.69, 9.17) is 11.6 Å². The molecule has 1 fully saturated rings. The molecule has 2 aromatic rings. The third-order valence-corrected chi connectivity index (χ3v) is 5.80. The minimum atomic E-state index is 0.0467. The van der Waals surface area contributed by atoms with Gasteiger partial charge in [-0.2, -0.15) is 0 Å². The number of amides is 1. The number of nitrogens with zero attached hydrogens (tertiary/aromatic N) is 3. The van der Waals surface area contributed by atoms with Gasteiger partial charge in [0.05, 0.1) is 6.54 Å². The zero-order valence-electron chi connectivity index (χ0n) is 15.7. The number of piperidine rings is 1. The number of rotatable bonds is 3. The number of aromatic nitrogens is 1. The van der Waals surface area contributed by atoms with Gasteiger partial charge in [0.15, 0.2) is 0 Å². The predicted octanol–water partition coefficient (Wildman–Crippen LogP) is 2.68. The minimum Gasteiger partial charge on any atom is -0.341 e. The maximum Gasteiger partial charge on any atom is 0.250 e. The number of fused-ring (bicyclic) bond motifs is 4. The van der Waals surface area contributed by atoms with Crippen LogP contribution in [0.2, 0.25) is 5.02 Å². The quantitative estimate of drug-likeness (QED) is 0.816. The van der Waals surface area contributed by atoms with E-state index in [1.54, 1.807) is 6.07 Å². The molecule has 0 spiro atoms. The van der Waals surface area contributed by atoms with Crippen molar-refractivity contribution in [1.82, 2.24) is 14.4 Å². The third-order valence-electron chi connectivity index (χ3n) is 5.55. The van der Waals surface area contributed by atoms with Crippen LogP contribution in [0.15, 0.2) is 41.2 Å². The van der Waals surface area contributed by atoms with Crippen molar-refractivity contribution < 1.29 is 4.79 Å². The fourth-order valence-electron chi connectivity index (χ4n) is 4.46. The highest BCUT2D eigenvalue weighted by Crippen LogP contribution is 2.40. The van der Waals surface area contributed by atoms with E-state index in [2.05, 4.69) is 0 Å². The fourth-order valence-corrected chi connectivity index (χ4v) is 4.59. The standard InChI is InChI=1S/C21H24ClN3O2/c1-23(2)13-20(27)24-10-14-9-16(12-24)21-18(7-8-19(26)25(21)11-14)15-3-5-17(22)6-4-15/h3-8,14,16H,9-13H2,1-2H3/t14-,16-/m1/s1. The average Bonchev–Trinajstić information content (AvgIpc) is 2.63. The lowest BCUT2D eigenvalue weighted by Crippen LogP contribution is -2.51. The van der Waals surface area contributed by atoms with Crippen LogP contribution in [0.5, 0.6) is 0 Å². The van der Waals surface area contributed by atoms with E-state index in [0.717, 1.165) is 29.8 Å². The summed E-state index contributed by atoms with van der Waals surface area (Å²) in [5, 5.41) is 0.693. The molecule has 2 bridgehead atoms. The van der Waals surface area contributed by atoms with Crippen molar-refractivity contribution in [2.45, 2.75) is 18.9 Å². The summed E-state index contributed by atoms with van der Waals surface area (Å²) in [5.41, 5.74) is 3.23. The Kier molecular flexibility index (Phi) is 4.82. The Morgan fingerprint density at radius 3 is 2.56 bits per heavy atom. The van der Waals surface area contributed by atoms with Crippen molar-refractivity contribution in [3.05, 3.63) is 57.5 Å². The molecule has 1 aromatic heterocycles. The monoisotopic (exact) mass is 385 g/mol. The molecule has 0 unspecified atom stereocenters. The van der Waals surface area contributed by atoms with E-state index >= 15 is 0 Å². The highest BCUT2D eigenvalue weighted by Gasteiger charge is 2.37. The Morgan fingerprint density at radius 1 is 1.11 bits per heavy atom. The van der Waals surface area contributed by atoms with Gasteiger partial charge in [0.2, 0.25) is 5.91 Å². The van der Waals surface area contributed by atoms with Crippen molar-refractivity contribution in [1.29, 1.82) is 0 Å². The van der Waals surface area contributed by atoms with Crippen molar-refractivity contribution >= 4 is 17.5 Å². The summed E-state index contributed by atoms with van der Waals surface area (Å²) < 4.78 is 1.93. The number of hydrogen-bond acceptors (Lipinski definition) is 3. The number of carbonyl (C=O) groups is 1. The molecule has 6 heteroatoms. The largest absolute Gasteiger partial charge is 0.341 e. The first-order valence-electron chi connectivity index (χ1n) is 9.34. The molecule has 1 aromatic carbocycles. The Bertz CT molecular complexity index is 920. The summed E-state index contributed by atoms with van der Waals surface area (Å²) in [6, 6.07) is 11.3. The molecular weight excluding hydrogens is 362 g/mol.